The molecule has 2 atom stereocenters. The van der Waals surface area contributed by atoms with E-state index in [9.17, 15) is 0 Å². The predicted octanol–water partition coefficient (Wildman–Crippen LogP) is 0.364. The molecule has 2 unspecified atom stereocenters. The number of hydrogen-bond acceptors (Lipinski definition) is 4. The summed E-state index contributed by atoms with van der Waals surface area (Å²) in [6.07, 6.45) is 0.975. The smallest absolute Gasteiger partial charge is 0.0841 e. The van der Waals surface area contributed by atoms with E-state index >= 15 is 0 Å². The van der Waals surface area contributed by atoms with Crippen LogP contribution < -0.4 is 11.3 Å². The van der Waals surface area contributed by atoms with E-state index in [1.165, 1.54) is 0 Å². The molecule has 74 valence electrons. The van der Waals surface area contributed by atoms with Crippen molar-refractivity contribution in [2.45, 2.75) is 25.5 Å². The van der Waals surface area contributed by atoms with Gasteiger partial charge in [-0.25, -0.2) is 0 Å². The van der Waals surface area contributed by atoms with E-state index in [0.29, 0.717) is 0 Å². The van der Waals surface area contributed by atoms with Crippen molar-refractivity contribution < 1.29 is 4.74 Å². The van der Waals surface area contributed by atoms with E-state index in [-0.39, 0.29) is 12.1 Å². The maximum Gasteiger partial charge on any atom is 0.0841 e. The molecule has 1 aliphatic rings. The molecule has 0 radical (unpaired) electrons. The van der Waals surface area contributed by atoms with E-state index < -0.39 is 0 Å². The van der Waals surface area contributed by atoms with Crippen molar-refractivity contribution in [2.75, 3.05) is 18.1 Å². The van der Waals surface area contributed by atoms with Crippen LogP contribution >= 0.6 is 11.8 Å². The van der Waals surface area contributed by atoms with Crippen LogP contribution in [0.2, 0.25) is 0 Å². The number of nitrogens with one attached hydrogen (secondary N) is 1. The Balaban J connectivity index is 2.37. The van der Waals surface area contributed by atoms with Gasteiger partial charge in [0.2, 0.25) is 0 Å². The van der Waals surface area contributed by atoms with Gasteiger partial charge in [-0.1, -0.05) is 0 Å². The maximum atomic E-state index is 5.60. The topological polar surface area (TPSA) is 47.3 Å². The Labute approximate surface area is 83.7 Å². The number of hydrogen-bond donors (Lipinski definition) is 2. The molecule has 1 fully saturated rings. The van der Waals surface area contributed by atoms with Crippen LogP contribution in [-0.2, 0) is 4.74 Å². The van der Waals surface area contributed by atoms with Crippen LogP contribution in [0.3, 0.4) is 0 Å². The third-order valence-electron chi connectivity index (χ3n) is 2.00. The molecule has 0 amide bonds. The molecule has 0 aromatic carbocycles. The number of nitrogens with two attached hydrogens (primary N) is 1. The zero-order valence-corrected chi connectivity index (χ0v) is 8.69. The summed E-state index contributed by atoms with van der Waals surface area (Å²) in [5, 5.41) is 0. The van der Waals surface area contributed by atoms with Gasteiger partial charge in [-0.15, -0.1) is 11.8 Å². The van der Waals surface area contributed by atoms with Crippen LogP contribution in [0, 0.1) is 11.8 Å². The molecule has 4 heteroatoms. The van der Waals surface area contributed by atoms with E-state index in [1.54, 1.807) is 0 Å². The van der Waals surface area contributed by atoms with E-state index in [2.05, 4.69) is 17.3 Å². The first-order valence-corrected chi connectivity index (χ1v) is 5.59. The second-order valence-corrected chi connectivity index (χ2v) is 4.04. The highest BCUT2D eigenvalue weighted by molar-refractivity contribution is 7.99. The molecule has 0 aliphatic carbocycles. The van der Waals surface area contributed by atoms with Crippen molar-refractivity contribution in [3.8, 4) is 11.8 Å². The van der Waals surface area contributed by atoms with Gasteiger partial charge in [0.15, 0.2) is 0 Å². The minimum atomic E-state index is 0.167. The van der Waals surface area contributed by atoms with Gasteiger partial charge >= 0.3 is 0 Å². The first-order chi connectivity index (χ1) is 6.38. The molecule has 0 bridgehead atoms. The fraction of sp³-hybridized carbons (Fsp3) is 0.778. The summed E-state index contributed by atoms with van der Waals surface area (Å²) in [5.74, 6) is 13.4. The van der Waals surface area contributed by atoms with Crippen LogP contribution in [0.4, 0.5) is 0 Å². The van der Waals surface area contributed by atoms with Crippen molar-refractivity contribution in [3.05, 3.63) is 0 Å². The maximum absolute atomic E-state index is 5.60. The lowest BCUT2D eigenvalue weighted by Crippen LogP contribution is -2.47. The summed E-state index contributed by atoms with van der Waals surface area (Å²) in [5.41, 5.74) is 2.77. The second kappa shape index (κ2) is 6.28. The van der Waals surface area contributed by atoms with Gasteiger partial charge in [-0.2, -0.15) is 11.8 Å². The van der Waals surface area contributed by atoms with Crippen LogP contribution in [0.1, 0.15) is 13.3 Å². The lowest BCUT2D eigenvalue weighted by Gasteiger charge is -2.28. The minimum absolute atomic E-state index is 0.167. The number of hydrazine groups is 1. The lowest BCUT2D eigenvalue weighted by atomic mass is 10.1. The summed E-state index contributed by atoms with van der Waals surface area (Å²) in [6, 6.07) is 0.167. The van der Waals surface area contributed by atoms with Crippen molar-refractivity contribution in [1.82, 2.24) is 5.43 Å². The quantitative estimate of drug-likeness (QED) is 0.392. The zero-order valence-electron chi connectivity index (χ0n) is 7.88. The van der Waals surface area contributed by atoms with Gasteiger partial charge in [-0.3, -0.25) is 11.3 Å². The Bertz CT molecular complexity index is 194. The Morgan fingerprint density at radius 3 is 3.15 bits per heavy atom. The van der Waals surface area contributed by atoms with Gasteiger partial charge in [-0.05, 0) is 6.92 Å². The third-order valence-corrected chi connectivity index (χ3v) is 3.02. The average Bonchev–Trinajstić information content (AvgIpc) is 2.21. The highest BCUT2D eigenvalue weighted by Crippen LogP contribution is 2.16. The number of rotatable bonds is 3. The van der Waals surface area contributed by atoms with E-state index in [4.69, 9.17) is 10.6 Å². The Kier molecular flexibility index (Phi) is 5.25. The van der Waals surface area contributed by atoms with Crippen molar-refractivity contribution >= 4 is 11.8 Å². The van der Waals surface area contributed by atoms with Crippen molar-refractivity contribution in [2.24, 2.45) is 5.84 Å². The minimum Gasteiger partial charge on any atom is -0.375 e. The molecule has 0 aromatic heterocycles. The first-order valence-electron chi connectivity index (χ1n) is 4.43. The van der Waals surface area contributed by atoms with Crippen molar-refractivity contribution in [3.63, 3.8) is 0 Å². The van der Waals surface area contributed by atoms with Crippen LogP contribution in [0.5, 0.6) is 0 Å². The summed E-state index contributed by atoms with van der Waals surface area (Å²) in [6.45, 7) is 2.66. The number of thioether (sulfide) groups is 1. The molecular formula is C9H16N2OS. The third kappa shape index (κ3) is 3.57. The molecule has 3 nitrogen and oxygen atoms in total. The second-order valence-electron chi connectivity index (χ2n) is 2.89. The number of ether oxygens (including phenoxy) is 1. The van der Waals surface area contributed by atoms with Crippen molar-refractivity contribution in [1.29, 1.82) is 0 Å². The fourth-order valence-corrected chi connectivity index (χ4v) is 2.19. The first kappa shape index (κ1) is 10.9. The molecule has 0 spiro atoms. The standard InChI is InChI=1S/C9H16N2OS/c1-2-3-4-8(11-10)9-7-13-6-5-12-9/h8-9,11H,4-7,10H2,1H3. The molecule has 0 aromatic rings. The highest BCUT2D eigenvalue weighted by Gasteiger charge is 2.22. The molecule has 13 heavy (non-hydrogen) atoms. The molecule has 0 saturated carbocycles. The lowest BCUT2D eigenvalue weighted by molar-refractivity contribution is 0.0484. The van der Waals surface area contributed by atoms with Crippen LogP contribution in [-0.4, -0.2) is 30.3 Å². The molecule has 3 N–H and O–H groups in total. The average molecular weight is 200 g/mol. The van der Waals surface area contributed by atoms with Crippen LogP contribution in [0.15, 0.2) is 0 Å². The summed E-state index contributed by atoms with van der Waals surface area (Å²) < 4.78 is 5.60. The molecule has 1 saturated heterocycles. The Hall–Kier alpha value is -0.210. The van der Waals surface area contributed by atoms with Gasteiger partial charge in [0, 0.05) is 17.9 Å². The SMILES string of the molecule is CC#CCC(NN)C1CSCCO1. The molecule has 1 rings (SSSR count). The summed E-state index contributed by atoms with van der Waals surface area (Å²) in [7, 11) is 0. The monoisotopic (exact) mass is 200 g/mol. The normalized spacial score (nSPS) is 24.6. The predicted molar refractivity (Wildman–Crippen MR) is 56.2 cm³/mol. The van der Waals surface area contributed by atoms with E-state index in [0.717, 1.165) is 24.5 Å². The molecule has 1 aliphatic heterocycles. The van der Waals surface area contributed by atoms with Crippen LogP contribution in [0.25, 0.3) is 0 Å². The zero-order chi connectivity index (χ0) is 9.52. The fourth-order valence-electron chi connectivity index (χ4n) is 1.25. The van der Waals surface area contributed by atoms with E-state index in [1.807, 2.05) is 18.7 Å². The van der Waals surface area contributed by atoms with Gasteiger partial charge < -0.3 is 4.74 Å². The molecule has 1 heterocycles. The van der Waals surface area contributed by atoms with Gasteiger partial charge in [0.1, 0.15) is 0 Å². The Morgan fingerprint density at radius 1 is 1.77 bits per heavy atom. The summed E-state index contributed by atoms with van der Waals surface area (Å²) in [4.78, 5) is 0. The van der Waals surface area contributed by atoms with Gasteiger partial charge in [0.25, 0.3) is 0 Å². The Morgan fingerprint density at radius 2 is 2.62 bits per heavy atom. The largest absolute Gasteiger partial charge is 0.375 e. The molecular weight excluding hydrogens is 184 g/mol. The highest BCUT2D eigenvalue weighted by atomic mass is 32.2. The van der Waals surface area contributed by atoms with Gasteiger partial charge in [0.05, 0.1) is 18.8 Å². The summed E-state index contributed by atoms with van der Waals surface area (Å²) >= 11 is 1.91.